The molecule has 3 N–H and O–H groups in total. The Balaban J connectivity index is 1.48. The van der Waals surface area contributed by atoms with Gasteiger partial charge in [-0.25, -0.2) is 9.97 Å². The van der Waals surface area contributed by atoms with E-state index < -0.39 is 0 Å². The van der Waals surface area contributed by atoms with Crippen molar-refractivity contribution in [3.8, 4) is 10.4 Å². The van der Waals surface area contributed by atoms with Crippen LogP contribution in [0.1, 0.15) is 67.4 Å². The summed E-state index contributed by atoms with van der Waals surface area (Å²) in [7, 11) is 5.95. The number of aliphatic hydroxyl groups is 1. The lowest BCUT2D eigenvalue weighted by molar-refractivity contribution is 0.418. The zero-order valence-corrected chi connectivity index (χ0v) is 31.0. The molecular formula is C41H48N8OS. The number of imidazole rings is 1. The summed E-state index contributed by atoms with van der Waals surface area (Å²) in [6.45, 7) is 15.8. The summed E-state index contributed by atoms with van der Waals surface area (Å²) >= 11 is 1.74. The van der Waals surface area contributed by atoms with E-state index in [0.29, 0.717) is 12.8 Å². The third kappa shape index (κ3) is 7.76. The van der Waals surface area contributed by atoms with Crippen LogP contribution in [0.5, 0.6) is 0 Å². The van der Waals surface area contributed by atoms with Crippen LogP contribution in [-0.2, 0) is 19.9 Å². The molecule has 1 unspecified atom stereocenters. The van der Waals surface area contributed by atoms with Crippen molar-refractivity contribution in [2.75, 3.05) is 26.0 Å². The molecule has 2 aliphatic rings. The van der Waals surface area contributed by atoms with Crippen molar-refractivity contribution in [2.45, 2.75) is 57.9 Å². The number of anilines is 1. The largest absolute Gasteiger partial charge is 0.508 e. The Hall–Kier alpha value is -5.22. The smallest absolute Gasteiger partial charge is 0.144 e. The number of nitrogens with one attached hydrogen (secondary N) is 2. The van der Waals surface area contributed by atoms with E-state index in [2.05, 4.69) is 78.6 Å². The second kappa shape index (κ2) is 15.8. The van der Waals surface area contributed by atoms with Crippen LogP contribution >= 0.6 is 11.3 Å². The molecule has 1 atom stereocenters. The lowest BCUT2D eigenvalue weighted by Crippen LogP contribution is -2.19. The Labute approximate surface area is 305 Å². The van der Waals surface area contributed by atoms with Gasteiger partial charge in [-0.15, -0.1) is 11.3 Å². The van der Waals surface area contributed by atoms with Gasteiger partial charge in [0.05, 0.1) is 21.8 Å². The molecule has 0 radical (unpaired) electrons. The number of allylic oxidation sites excluding steroid dienone is 5. The number of aliphatic hydroxyl groups excluding tert-OH is 1. The van der Waals surface area contributed by atoms with Gasteiger partial charge in [-0.3, -0.25) is 4.98 Å². The Bertz CT molecular complexity index is 2090. The molecule has 5 heterocycles. The molecule has 1 aliphatic heterocycles. The van der Waals surface area contributed by atoms with E-state index in [4.69, 9.17) is 15.1 Å². The van der Waals surface area contributed by atoms with Crippen LogP contribution in [-0.4, -0.2) is 61.9 Å². The molecule has 0 amide bonds. The average Bonchev–Trinajstić information content (AvgIpc) is 3.73. The fourth-order valence-electron chi connectivity index (χ4n) is 6.84. The number of hydrogen-bond acceptors (Lipinski definition) is 9. The van der Waals surface area contributed by atoms with Crippen LogP contribution in [0.4, 0.5) is 5.82 Å². The number of aromatic nitrogens is 4. The average molecular weight is 701 g/mol. The Morgan fingerprint density at radius 1 is 1.18 bits per heavy atom. The molecule has 0 aromatic carbocycles. The first kappa shape index (κ1) is 35.6. The second-order valence-corrected chi connectivity index (χ2v) is 14.3. The van der Waals surface area contributed by atoms with Crippen molar-refractivity contribution in [1.29, 1.82) is 0 Å². The fraction of sp³-hybridized carbons (Fsp3) is 0.317. The lowest BCUT2D eigenvalue weighted by Gasteiger charge is -2.24. The molecule has 0 bridgehead atoms. The monoisotopic (exact) mass is 700 g/mol. The number of rotatable bonds is 10. The third-order valence-electron chi connectivity index (χ3n) is 9.72. The molecule has 4 aromatic rings. The molecule has 4 aromatic heterocycles. The van der Waals surface area contributed by atoms with Crippen LogP contribution < -0.4 is 10.7 Å². The van der Waals surface area contributed by atoms with Gasteiger partial charge in [0.25, 0.3) is 0 Å². The molecular weight excluding hydrogens is 653 g/mol. The van der Waals surface area contributed by atoms with Crippen LogP contribution in [0.2, 0.25) is 0 Å². The summed E-state index contributed by atoms with van der Waals surface area (Å²) in [6, 6.07) is 4.50. The number of nitrogens with zero attached hydrogens (tertiary/aromatic N) is 6. The van der Waals surface area contributed by atoms with E-state index in [1.807, 2.05) is 49.4 Å². The highest BCUT2D eigenvalue weighted by Crippen LogP contribution is 2.44. The minimum atomic E-state index is 0.136. The number of aryl methyl sites for hydroxylation is 3. The van der Waals surface area contributed by atoms with Crippen LogP contribution in [0, 0.1) is 0 Å². The molecule has 9 nitrogen and oxygen atoms in total. The number of hydrazone groups is 1. The van der Waals surface area contributed by atoms with Crippen molar-refractivity contribution < 1.29 is 5.11 Å². The van der Waals surface area contributed by atoms with Gasteiger partial charge in [0.1, 0.15) is 17.4 Å². The van der Waals surface area contributed by atoms with Gasteiger partial charge < -0.3 is 25.3 Å². The van der Waals surface area contributed by atoms with Crippen molar-refractivity contribution >= 4 is 44.7 Å². The standard InChI is InChI=1S/C41H48N8OS/c1-8-29(24-36-43-21-23-49(36)7)16-18-33-37(27(3)47-42-5)39(38-28(4)48(6)22-11-13-32(38)46-33)35-25-30-19-20-44-41(40(30)51-35)45-31-12-9-10-14-34(50)26(2)15-17-31/h8-10,14,19-21,23-25,31,42,50H,1-2,4,11-13,15-18,22H2,3,5-7H3,(H,44,45)/b10-9-,29-24+,34-14+,47-27+. The van der Waals surface area contributed by atoms with Crippen LogP contribution in [0.15, 0.2) is 96.8 Å². The first-order valence-corrected chi connectivity index (χ1v) is 18.4. The Morgan fingerprint density at radius 3 is 2.78 bits per heavy atom. The first-order chi connectivity index (χ1) is 24.7. The van der Waals surface area contributed by atoms with Crippen LogP contribution in [0.25, 0.3) is 32.3 Å². The summed E-state index contributed by atoms with van der Waals surface area (Å²) < 4.78 is 3.10. The van der Waals surface area contributed by atoms with Crippen molar-refractivity contribution in [3.63, 3.8) is 0 Å². The fourth-order valence-corrected chi connectivity index (χ4v) is 8.00. The molecule has 1 aliphatic carbocycles. The molecule has 6 rings (SSSR count). The molecule has 10 heteroatoms. The molecule has 0 saturated heterocycles. The van der Waals surface area contributed by atoms with E-state index in [1.54, 1.807) is 17.4 Å². The first-order valence-electron chi connectivity index (χ1n) is 17.6. The van der Waals surface area contributed by atoms with Crippen molar-refractivity contribution in [3.05, 3.63) is 120 Å². The van der Waals surface area contributed by atoms with Gasteiger partial charge in [0.2, 0.25) is 0 Å². The topological polar surface area (TPSA) is 103 Å². The Kier molecular flexibility index (Phi) is 11.0. The number of pyridine rings is 2. The highest BCUT2D eigenvalue weighted by Gasteiger charge is 2.28. The van der Waals surface area contributed by atoms with Gasteiger partial charge in [0, 0.05) is 79.6 Å². The third-order valence-corrected chi connectivity index (χ3v) is 10.9. The quantitative estimate of drug-likeness (QED) is 0.0865. The Morgan fingerprint density at radius 2 is 2.02 bits per heavy atom. The number of hydrogen-bond donors (Lipinski definition) is 3. The van der Waals surface area contributed by atoms with Crippen LogP contribution in [0.3, 0.4) is 0 Å². The minimum absolute atomic E-state index is 0.136. The van der Waals surface area contributed by atoms with E-state index in [9.17, 15) is 5.11 Å². The molecule has 51 heavy (non-hydrogen) atoms. The lowest BCUT2D eigenvalue weighted by atomic mass is 9.90. The zero-order valence-electron chi connectivity index (χ0n) is 30.2. The number of fused-ring (bicyclic) bond motifs is 2. The molecule has 0 spiro atoms. The summed E-state index contributed by atoms with van der Waals surface area (Å²) in [5, 5.41) is 19.9. The van der Waals surface area contributed by atoms with Crippen molar-refractivity contribution in [1.82, 2.24) is 29.8 Å². The maximum atomic E-state index is 10.3. The minimum Gasteiger partial charge on any atom is -0.508 e. The highest BCUT2D eigenvalue weighted by molar-refractivity contribution is 7.22. The van der Waals surface area contributed by atoms with E-state index in [0.717, 1.165) is 116 Å². The summed E-state index contributed by atoms with van der Waals surface area (Å²) in [5.74, 6) is 2.00. The predicted molar refractivity (Wildman–Crippen MR) is 214 cm³/mol. The predicted octanol–water partition coefficient (Wildman–Crippen LogP) is 8.60. The summed E-state index contributed by atoms with van der Waals surface area (Å²) in [6.07, 6.45) is 21.0. The number of thiophene rings is 1. The maximum absolute atomic E-state index is 10.3. The SMILES string of the molecule is C=C/C(=C\c1nccn1C)CCc1nc2c(c(-c3cc4ccnc(NC5C/C=C\C=C(\O)C(=C)CC5)c4s3)c1/C(C)=N/NC)C(=C)N(C)CCC2. The molecule has 0 saturated carbocycles. The van der Waals surface area contributed by atoms with E-state index >= 15 is 0 Å². The summed E-state index contributed by atoms with van der Waals surface area (Å²) in [5.41, 5.74) is 12.0. The molecule has 264 valence electrons. The van der Waals surface area contributed by atoms with Gasteiger partial charge >= 0.3 is 0 Å². The van der Waals surface area contributed by atoms with E-state index in [1.165, 1.54) is 0 Å². The summed E-state index contributed by atoms with van der Waals surface area (Å²) in [4.78, 5) is 18.1. The second-order valence-electron chi connectivity index (χ2n) is 13.2. The van der Waals surface area contributed by atoms with Gasteiger partial charge in [0.15, 0.2) is 0 Å². The normalized spacial score (nSPS) is 19.0. The van der Waals surface area contributed by atoms with Gasteiger partial charge in [-0.2, -0.15) is 5.10 Å². The van der Waals surface area contributed by atoms with Crippen molar-refractivity contribution in [2.24, 2.45) is 12.1 Å². The van der Waals surface area contributed by atoms with Gasteiger partial charge in [-0.05, 0) is 92.7 Å². The molecule has 0 fully saturated rings. The maximum Gasteiger partial charge on any atom is 0.144 e. The highest BCUT2D eigenvalue weighted by atomic mass is 32.1. The van der Waals surface area contributed by atoms with E-state index in [-0.39, 0.29) is 11.8 Å². The van der Waals surface area contributed by atoms with Gasteiger partial charge in [-0.1, -0.05) is 38.0 Å². The zero-order chi connectivity index (χ0) is 36.1.